The van der Waals surface area contributed by atoms with E-state index in [9.17, 15) is 9.59 Å². The molecule has 0 aliphatic heterocycles. The summed E-state index contributed by atoms with van der Waals surface area (Å²) >= 11 is 0. The molecule has 1 rings (SSSR count). The monoisotopic (exact) mass is 233 g/mol. The SMILES string of the molecule is C#CCC#CCC#CCOn1oc(=O)c(=O)o1. The van der Waals surface area contributed by atoms with E-state index in [0.29, 0.717) is 17.9 Å². The summed E-state index contributed by atoms with van der Waals surface area (Å²) in [5, 5.41) is 0.309. The van der Waals surface area contributed by atoms with E-state index in [-0.39, 0.29) is 6.61 Å². The van der Waals surface area contributed by atoms with Crippen molar-refractivity contribution >= 4 is 0 Å². The summed E-state index contributed by atoms with van der Waals surface area (Å²) < 4.78 is 8.43. The van der Waals surface area contributed by atoms with Crippen molar-refractivity contribution in [1.82, 2.24) is 5.08 Å². The van der Waals surface area contributed by atoms with Gasteiger partial charge in [0.2, 0.25) is 0 Å². The maximum Gasteiger partial charge on any atom is 0.449 e. The first-order chi connectivity index (χ1) is 8.24. The van der Waals surface area contributed by atoms with Gasteiger partial charge in [0.25, 0.3) is 0 Å². The van der Waals surface area contributed by atoms with Crippen molar-refractivity contribution in [2.75, 3.05) is 6.61 Å². The molecule has 86 valence electrons. The Bertz CT molecular complexity index is 604. The van der Waals surface area contributed by atoms with Gasteiger partial charge in [0.15, 0.2) is 6.61 Å². The highest BCUT2D eigenvalue weighted by molar-refractivity contribution is 5.14. The van der Waals surface area contributed by atoms with Crippen molar-refractivity contribution in [3.05, 3.63) is 20.8 Å². The summed E-state index contributed by atoms with van der Waals surface area (Å²) in [7, 11) is 0. The number of terminal acetylenes is 1. The number of hydrogen-bond donors (Lipinski definition) is 0. The van der Waals surface area contributed by atoms with Crippen LogP contribution in [0.25, 0.3) is 0 Å². The lowest BCUT2D eigenvalue weighted by atomic mass is 10.4. The van der Waals surface area contributed by atoms with E-state index < -0.39 is 11.3 Å². The van der Waals surface area contributed by atoms with Crippen LogP contribution in [-0.2, 0) is 0 Å². The third kappa shape index (κ3) is 4.51. The standard InChI is InChI=1S/C11H7NO5/c1-2-3-4-5-6-7-8-9-15-12-16-10(13)11(14)17-12/h1H,3,6,9H2. The molecular formula is C11H7NO5. The smallest absolute Gasteiger partial charge is 0.344 e. The van der Waals surface area contributed by atoms with E-state index in [1.165, 1.54) is 0 Å². The van der Waals surface area contributed by atoms with Gasteiger partial charge in [-0.05, 0) is 0 Å². The largest absolute Gasteiger partial charge is 0.449 e. The van der Waals surface area contributed by atoms with Crippen LogP contribution < -0.4 is 16.1 Å². The van der Waals surface area contributed by atoms with Crippen LogP contribution in [0.2, 0.25) is 0 Å². The summed E-state index contributed by atoms with van der Waals surface area (Å²) in [6.45, 7) is -0.0998. The number of hydrogen-bond acceptors (Lipinski definition) is 5. The van der Waals surface area contributed by atoms with E-state index in [4.69, 9.17) is 6.42 Å². The number of aromatic nitrogens is 1. The highest BCUT2D eigenvalue weighted by atomic mass is 17.0. The van der Waals surface area contributed by atoms with Gasteiger partial charge in [0, 0.05) is 0 Å². The molecule has 0 fully saturated rings. The molecule has 0 saturated heterocycles. The highest BCUT2D eigenvalue weighted by Gasteiger charge is 2.03. The Morgan fingerprint density at radius 2 is 1.65 bits per heavy atom. The quantitative estimate of drug-likeness (QED) is 0.496. The van der Waals surface area contributed by atoms with Crippen molar-refractivity contribution in [3.8, 4) is 36.0 Å². The molecule has 0 unspecified atom stereocenters. The van der Waals surface area contributed by atoms with Crippen LogP contribution in [-0.4, -0.2) is 11.7 Å². The predicted molar refractivity (Wildman–Crippen MR) is 56.6 cm³/mol. The molecule has 0 aromatic carbocycles. The Labute approximate surface area is 96.0 Å². The molecule has 1 aromatic rings. The molecular weight excluding hydrogens is 226 g/mol. The lowest BCUT2D eigenvalue weighted by molar-refractivity contribution is -0.135. The summed E-state index contributed by atoms with van der Waals surface area (Å²) in [4.78, 5) is 25.7. The van der Waals surface area contributed by atoms with Crippen molar-refractivity contribution in [2.24, 2.45) is 0 Å². The molecule has 17 heavy (non-hydrogen) atoms. The minimum atomic E-state index is -1.14. The molecule has 0 aliphatic rings. The van der Waals surface area contributed by atoms with Gasteiger partial charge in [-0.25, -0.2) is 9.59 Å². The Balaban J connectivity index is 2.32. The van der Waals surface area contributed by atoms with Gasteiger partial charge in [0.05, 0.1) is 12.8 Å². The molecule has 0 radical (unpaired) electrons. The molecule has 6 heteroatoms. The van der Waals surface area contributed by atoms with Crippen LogP contribution in [0.15, 0.2) is 18.6 Å². The first-order valence-electron chi connectivity index (χ1n) is 4.46. The lowest BCUT2D eigenvalue weighted by Crippen LogP contribution is -2.14. The second-order valence-corrected chi connectivity index (χ2v) is 2.52. The normalized spacial score (nSPS) is 8.18. The lowest BCUT2D eigenvalue weighted by Gasteiger charge is -1.92. The zero-order valence-electron chi connectivity index (χ0n) is 8.69. The molecule has 0 bridgehead atoms. The summed E-state index contributed by atoms with van der Waals surface area (Å²) in [5.41, 5.74) is -2.28. The van der Waals surface area contributed by atoms with E-state index in [1.807, 2.05) is 0 Å². The molecule has 0 N–H and O–H groups in total. The van der Waals surface area contributed by atoms with Gasteiger partial charge in [0.1, 0.15) is 5.08 Å². The van der Waals surface area contributed by atoms with Crippen LogP contribution >= 0.6 is 0 Å². The van der Waals surface area contributed by atoms with E-state index >= 15 is 0 Å². The van der Waals surface area contributed by atoms with E-state index in [2.05, 4.69) is 43.5 Å². The fraction of sp³-hybridized carbons (Fsp3) is 0.273. The van der Waals surface area contributed by atoms with Crippen LogP contribution in [0.3, 0.4) is 0 Å². The molecule has 0 saturated carbocycles. The van der Waals surface area contributed by atoms with Crippen molar-refractivity contribution < 1.29 is 13.9 Å². The van der Waals surface area contributed by atoms with Crippen LogP contribution in [0.4, 0.5) is 0 Å². The second-order valence-electron chi connectivity index (χ2n) is 2.52. The first kappa shape index (κ1) is 12.3. The fourth-order valence-corrected chi connectivity index (χ4v) is 0.700. The fourth-order valence-electron chi connectivity index (χ4n) is 0.700. The Hall–Kier alpha value is -2.78. The minimum absolute atomic E-state index is 0.0998. The van der Waals surface area contributed by atoms with E-state index in [0.717, 1.165) is 0 Å². The maximum atomic E-state index is 10.5. The number of rotatable bonds is 2. The van der Waals surface area contributed by atoms with Gasteiger partial charge in [-0.15, -0.1) is 6.42 Å². The Kier molecular flexibility index (Phi) is 4.81. The molecule has 1 heterocycles. The Morgan fingerprint density at radius 1 is 1.06 bits per heavy atom. The van der Waals surface area contributed by atoms with Gasteiger partial charge in [-0.2, -0.15) is 0 Å². The summed E-state index contributed by atoms with van der Waals surface area (Å²) in [5.74, 6) is 13.0. The molecule has 0 aliphatic carbocycles. The minimum Gasteiger partial charge on any atom is -0.344 e. The topological polar surface area (TPSA) is 74.6 Å². The first-order valence-corrected chi connectivity index (χ1v) is 4.46. The average molecular weight is 233 g/mol. The van der Waals surface area contributed by atoms with Crippen molar-refractivity contribution in [1.29, 1.82) is 0 Å². The van der Waals surface area contributed by atoms with Crippen molar-refractivity contribution in [2.45, 2.75) is 12.8 Å². The average Bonchev–Trinajstić information content (AvgIpc) is 2.62. The molecule has 0 amide bonds. The highest BCUT2D eigenvalue weighted by Crippen LogP contribution is 1.75. The molecule has 1 aromatic heterocycles. The third-order valence-corrected chi connectivity index (χ3v) is 1.34. The maximum absolute atomic E-state index is 10.5. The van der Waals surface area contributed by atoms with Gasteiger partial charge in [-0.1, -0.05) is 29.6 Å². The molecule has 0 spiro atoms. The van der Waals surface area contributed by atoms with Gasteiger partial charge < -0.3 is 4.84 Å². The second kappa shape index (κ2) is 6.66. The number of nitrogens with zero attached hydrogens (tertiary/aromatic N) is 1. The third-order valence-electron chi connectivity index (χ3n) is 1.34. The summed E-state index contributed by atoms with van der Waals surface area (Å²) in [6, 6.07) is 0. The van der Waals surface area contributed by atoms with Crippen LogP contribution in [0.5, 0.6) is 0 Å². The molecule has 6 nitrogen and oxygen atoms in total. The van der Waals surface area contributed by atoms with Gasteiger partial charge in [-0.3, -0.25) is 9.05 Å². The summed E-state index contributed by atoms with van der Waals surface area (Å²) in [6.07, 6.45) is 5.72. The van der Waals surface area contributed by atoms with E-state index in [1.54, 1.807) is 0 Å². The predicted octanol–water partition coefficient (Wildman–Crippen LogP) is -0.757. The molecule has 0 atom stereocenters. The van der Waals surface area contributed by atoms with Crippen LogP contribution in [0.1, 0.15) is 12.8 Å². The van der Waals surface area contributed by atoms with Gasteiger partial charge >= 0.3 is 11.3 Å². The van der Waals surface area contributed by atoms with Crippen LogP contribution in [0, 0.1) is 36.0 Å². The Morgan fingerprint density at radius 3 is 2.29 bits per heavy atom. The zero-order chi connectivity index (χ0) is 12.5. The zero-order valence-corrected chi connectivity index (χ0v) is 8.69. The van der Waals surface area contributed by atoms with Crippen molar-refractivity contribution in [3.63, 3.8) is 0 Å².